The van der Waals surface area contributed by atoms with Crippen LogP contribution in [0.2, 0.25) is 0 Å². The largest absolute Gasteiger partial charge is 0.335 e. The van der Waals surface area contributed by atoms with Crippen LogP contribution in [0.15, 0.2) is 42.5 Å². The van der Waals surface area contributed by atoms with Gasteiger partial charge in [0.15, 0.2) is 0 Å². The van der Waals surface area contributed by atoms with E-state index < -0.39 is 5.82 Å². The lowest BCUT2D eigenvalue weighted by Crippen LogP contribution is -2.50. The molecule has 0 atom stereocenters. The first kappa shape index (κ1) is 17.7. The van der Waals surface area contributed by atoms with Crippen molar-refractivity contribution in [3.05, 3.63) is 70.5 Å². The van der Waals surface area contributed by atoms with Crippen molar-refractivity contribution in [3.63, 3.8) is 0 Å². The van der Waals surface area contributed by atoms with E-state index in [-0.39, 0.29) is 11.8 Å². The minimum absolute atomic E-state index is 0.0289. The quantitative estimate of drug-likeness (QED) is 0.818. The van der Waals surface area contributed by atoms with Gasteiger partial charge in [-0.15, -0.1) is 0 Å². The molecule has 0 radical (unpaired) electrons. The molecule has 1 aliphatic heterocycles. The number of aryl methyl sites for hydroxylation is 2. The molecular formula is C22H23FN2O2. The molecule has 2 aromatic rings. The van der Waals surface area contributed by atoms with E-state index >= 15 is 0 Å². The lowest BCUT2D eigenvalue weighted by atomic mass is 9.90. The predicted octanol–water partition coefficient (Wildman–Crippen LogP) is 3.30. The molecule has 5 heteroatoms. The summed E-state index contributed by atoms with van der Waals surface area (Å²) in [7, 11) is 0. The topological polar surface area (TPSA) is 40.6 Å². The number of hydrogen-bond donors (Lipinski definition) is 0. The molecule has 1 heterocycles. The molecule has 2 aliphatic rings. The van der Waals surface area contributed by atoms with Gasteiger partial charge in [0.25, 0.3) is 11.8 Å². The summed E-state index contributed by atoms with van der Waals surface area (Å²) in [6.45, 7) is 1.92. The Hall–Kier alpha value is -2.69. The van der Waals surface area contributed by atoms with Gasteiger partial charge in [-0.1, -0.05) is 12.1 Å². The summed E-state index contributed by atoms with van der Waals surface area (Å²) in [5.41, 5.74) is 3.75. The number of hydrogen-bond acceptors (Lipinski definition) is 2. The number of carbonyl (C=O) groups excluding carboxylic acids is 2. The monoisotopic (exact) mass is 366 g/mol. The van der Waals surface area contributed by atoms with E-state index in [2.05, 4.69) is 6.07 Å². The highest BCUT2D eigenvalue weighted by atomic mass is 19.1. The van der Waals surface area contributed by atoms with Crippen molar-refractivity contribution < 1.29 is 14.0 Å². The van der Waals surface area contributed by atoms with Crippen LogP contribution in [0.4, 0.5) is 4.39 Å². The predicted molar refractivity (Wildman–Crippen MR) is 101 cm³/mol. The Labute approximate surface area is 158 Å². The second-order valence-electron chi connectivity index (χ2n) is 7.29. The Morgan fingerprint density at radius 1 is 0.741 bits per heavy atom. The molecule has 2 amide bonds. The van der Waals surface area contributed by atoms with Gasteiger partial charge in [0.1, 0.15) is 5.82 Å². The van der Waals surface area contributed by atoms with E-state index in [1.807, 2.05) is 12.1 Å². The normalized spacial score (nSPS) is 16.8. The van der Waals surface area contributed by atoms with Crippen LogP contribution in [-0.2, 0) is 12.8 Å². The number of benzene rings is 2. The molecule has 0 aromatic heterocycles. The van der Waals surface area contributed by atoms with Crippen LogP contribution in [0.5, 0.6) is 0 Å². The van der Waals surface area contributed by atoms with E-state index in [4.69, 9.17) is 0 Å². The minimum atomic E-state index is -0.415. The van der Waals surface area contributed by atoms with Gasteiger partial charge in [-0.05, 0) is 67.1 Å². The molecule has 1 saturated heterocycles. The molecular weight excluding hydrogens is 343 g/mol. The van der Waals surface area contributed by atoms with Crippen LogP contribution in [0.25, 0.3) is 0 Å². The summed E-state index contributed by atoms with van der Waals surface area (Å²) < 4.78 is 13.3. The van der Waals surface area contributed by atoms with Gasteiger partial charge in [0.05, 0.1) is 0 Å². The van der Waals surface area contributed by atoms with Crippen LogP contribution >= 0.6 is 0 Å². The van der Waals surface area contributed by atoms with E-state index in [0.29, 0.717) is 31.7 Å². The van der Waals surface area contributed by atoms with Crippen LogP contribution in [0.1, 0.15) is 44.7 Å². The highest BCUT2D eigenvalue weighted by Gasteiger charge is 2.26. The van der Waals surface area contributed by atoms with E-state index in [0.717, 1.165) is 18.4 Å². The number of amides is 2. The summed E-state index contributed by atoms with van der Waals surface area (Å²) in [5.74, 6) is -0.571. The second kappa shape index (κ2) is 7.51. The van der Waals surface area contributed by atoms with Gasteiger partial charge in [-0.3, -0.25) is 9.59 Å². The Kier molecular flexibility index (Phi) is 4.92. The maximum atomic E-state index is 13.3. The van der Waals surface area contributed by atoms with Gasteiger partial charge < -0.3 is 9.80 Å². The third-order valence-corrected chi connectivity index (χ3v) is 5.52. The van der Waals surface area contributed by atoms with Gasteiger partial charge in [0, 0.05) is 37.3 Å². The zero-order valence-corrected chi connectivity index (χ0v) is 15.3. The van der Waals surface area contributed by atoms with Crippen molar-refractivity contribution in [3.8, 4) is 0 Å². The molecule has 2 aromatic carbocycles. The van der Waals surface area contributed by atoms with Crippen LogP contribution in [-0.4, -0.2) is 47.8 Å². The average Bonchev–Trinajstić information content (AvgIpc) is 2.72. The number of nitrogens with zero attached hydrogens (tertiary/aromatic N) is 2. The van der Waals surface area contributed by atoms with Gasteiger partial charge >= 0.3 is 0 Å². The first-order valence-electron chi connectivity index (χ1n) is 9.58. The molecule has 0 unspecified atom stereocenters. The van der Waals surface area contributed by atoms with Gasteiger partial charge in [-0.2, -0.15) is 0 Å². The third kappa shape index (κ3) is 3.72. The zero-order valence-electron chi connectivity index (χ0n) is 15.3. The van der Waals surface area contributed by atoms with Crippen molar-refractivity contribution in [2.45, 2.75) is 25.7 Å². The molecule has 140 valence electrons. The Bertz CT molecular complexity index is 872. The van der Waals surface area contributed by atoms with E-state index in [9.17, 15) is 14.0 Å². The number of fused-ring (bicyclic) bond motifs is 1. The van der Waals surface area contributed by atoms with Gasteiger partial charge in [-0.25, -0.2) is 4.39 Å². The molecule has 4 nitrogen and oxygen atoms in total. The maximum Gasteiger partial charge on any atom is 0.254 e. The van der Waals surface area contributed by atoms with Crippen molar-refractivity contribution in [1.29, 1.82) is 0 Å². The summed E-state index contributed by atoms with van der Waals surface area (Å²) in [6, 6.07) is 11.8. The molecule has 0 saturated carbocycles. The lowest BCUT2D eigenvalue weighted by Gasteiger charge is -2.35. The standard InChI is InChI=1S/C22H23FN2O2/c23-20-7-3-6-18(15-20)21(26)24-10-12-25(13-11-24)22(27)19-9-8-16-4-1-2-5-17(16)14-19/h3,6-9,14-15H,1-2,4-5,10-13H2. The fourth-order valence-electron chi connectivity index (χ4n) is 3.97. The second-order valence-corrected chi connectivity index (χ2v) is 7.29. The maximum absolute atomic E-state index is 13.3. The Morgan fingerprint density at radius 2 is 1.33 bits per heavy atom. The highest BCUT2D eigenvalue weighted by molar-refractivity contribution is 5.96. The SMILES string of the molecule is O=C(c1cccc(F)c1)N1CCN(C(=O)c2ccc3c(c2)CCCC3)CC1. The summed E-state index contributed by atoms with van der Waals surface area (Å²) in [4.78, 5) is 28.9. The Balaban J connectivity index is 1.40. The first-order chi connectivity index (χ1) is 13.1. The van der Waals surface area contributed by atoms with Crippen molar-refractivity contribution in [2.75, 3.05) is 26.2 Å². The molecule has 1 fully saturated rings. The van der Waals surface area contributed by atoms with Crippen LogP contribution < -0.4 is 0 Å². The minimum Gasteiger partial charge on any atom is -0.335 e. The van der Waals surface area contributed by atoms with E-state index in [1.54, 1.807) is 21.9 Å². The molecule has 1 aliphatic carbocycles. The van der Waals surface area contributed by atoms with Gasteiger partial charge in [0.2, 0.25) is 0 Å². The van der Waals surface area contributed by atoms with Crippen LogP contribution in [0, 0.1) is 5.82 Å². The lowest BCUT2D eigenvalue weighted by molar-refractivity contribution is 0.0535. The summed E-state index contributed by atoms with van der Waals surface area (Å²) >= 11 is 0. The number of carbonyl (C=O) groups is 2. The zero-order chi connectivity index (χ0) is 18.8. The first-order valence-corrected chi connectivity index (χ1v) is 9.58. The smallest absolute Gasteiger partial charge is 0.254 e. The molecule has 27 heavy (non-hydrogen) atoms. The molecule has 0 bridgehead atoms. The summed E-state index contributed by atoms with van der Waals surface area (Å²) in [5, 5.41) is 0. The number of piperazine rings is 1. The van der Waals surface area contributed by atoms with Crippen molar-refractivity contribution in [1.82, 2.24) is 9.80 Å². The highest BCUT2D eigenvalue weighted by Crippen LogP contribution is 2.23. The molecule has 4 rings (SSSR count). The fourth-order valence-corrected chi connectivity index (χ4v) is 3.97. The van der Waals surface area contributed by atoms with Crippen LogP contribution in [0.3, 0.4) is 0 Å². The number of rotatable bonds is 2. The molecule has 0 spiro atoms. The number of halogens is 1. The van der Waals surface area contributed by atoms with Crippen molar-refractivity contribution >= 4 is 11.8 Å². The molecule has 0 N–H and O–H groups in total. The Morgan fingerprint density at radius 3 is 1.96 bits per heavy atom. The fraction of sp³-hybridized carbons (Fsp3) is 0.364. The third-order valence-electron chi connectivity index (χ3n) is 5.52. The average molecular weight is 366 g/mol. The van der Waals surface area contributed by atoms with E-state index in [1.165, 1.54) is 36.1 Å². The van der Waals surface area contributed by atoms with Crippen molar-refractivity contribution in [2.24, 2.45) is 0 Å². The summed E-state index contributed by atoms with van der Waals surface area (Å²) in [6.07, 6.45) is 4.56.